The molecule has 0 N–H and O–H groups in total. The van der Waals surface area contributed by atoms with Crippen LogP contribution in [0.25, 0.3) is 11.4 Å². The van der Waals surface area contributed by atoms with Gasteiger partial charge < -0.3 is 9.42 Å². The van der Waals surface area contributed by atoms with Gasteiger partial charge in [-0.15, -0.1) is 0 Å². The molecule has 2 aromatic rings. The topological polar surface area (TPSA) is 62.5 Å². The highest BCUT2D eigenvalue weighted by molar-refractivity contribution is 5.76. The highest BCUT2D eigenvalue weighted by Gasteiger charge is 2.42. The SMILES string of the molecule is CCC(=O)N1CCC[C@@H]1[C@@H]1CCCN1[C@@H](C)c1nc(-c2ccccc2C)no1. The molecule has 1 aromatic carbocycles. The Morgan fingerprint density at radius 1 is 1.21 bits per heavy atom. The van der Waals surface area contributed by atoms with Crippen LogP contribution >= 0.6 is 0 Å². The van der Waals surface area contributed by atoms with E-state index in [-0.39, 0.29) is 11.9 Å². The number of likely N-dealkylation sites (tertiary alicyclic amines) is 2. The van der Waals surface area contributed by atoms with E-state index in [1.54, 1.807) is 0 Å². The number of nitrogens with zero attached hydrogens (tertiary/aromatic N) is 4. The van der Waals surface area contributed by atoms with E-state index < -0.39 is 0 Å². The molecule has 3 atom stereocenters. The Hall–Kier alpha value is -2.21. The summed E-state index contributed by atoms with van der Waals surface area (Å²) in [5.41, 5.74) is 2.15. The number of carbonyl (C=O) groups is 1. The van der Waals surface area contributed by atoms with Crippen LogP contribution < -0.4 is 0 Å². The molecule has 2 aliphatic rings. The minimum Gasteiger partial charge on any atom is -0.338 e. The van der Waals surface area contributed by atoms with Crippen LogP contribution in [-0.4, -0.2) is 51.0 Å². The molecular formula is C22H30N4O2. The third kappa shape index (κ3) is 3.46. The monoisotopic (exact) mass is 382 g/mol. The first kappa shape index (κ1) is 19.1. The Bertz CT molecular complexity index is 833. The summed E-state index contributed by atoms with van der Waals surface area (Å²) in [5, 5.41) is 4.24. The lowest BCUT2D eigenvalue weighted by atomic mass is 10.0. The highest BCUT2D eigenvalue weighted by Crippen LogP contribution is 2.36. The van der Waals surface area contributed by atoms with Gasteiger partial charge in [0.05, 0.1) is 6.04 Å². The summed E-state index contributed by atoms with van der Waals surface area (Å²) in [7, 11) is 0. The fraction of sp³-hybridized carbons (Fsp3) is 0.591. The number of hydrogen-bond acceptors (Lipinski definition) is 5. The summed E-state index contributed by atoms with van der Waals surface area (Å²) in [6, 6.07) is 8.85. The second-order valence-corrected chi connectivity index (χ2v) is 8.04. The van der Waals surface area contributed by atoms with Gasteiger partial charge in [-0.25, -0.2) is 0 Å². The third-order valence-corrected chi connectivity index (χ3v) is 6.39. The standard InChI is InChI=1S/C22H30N4O2/c1-4-20(27)26-14-8-12-19(26)18-11-7-13-25(18)16(3)22-23-21(24-28-22)17-10-6-5-9-15(17)2/h5-6,9-10,16,18-19H,4,7-8,11-14H2,1-3H3/t16-,18-,19+/m0/s1. The number of amides is 1. The third-order valence-electron chi connectivity index (χ3n) is 6.39. The number of rotatable bonds is 5. The first-order chi connectivity index (χ1) is 13.6. The van der Waals surface area contributed by atoms with Crippen molar-refractivity contribution in [2.24, 2.45) is 0 Å². The summed E-state index contributed by atoms with van der Waals surface area (Å²) in [5.74, 6) is 1.59. The molecule has 0 spiro atoms. The Labute approximate surface area is 166 Å². The smallest absolute Gasteiger partial charge is 0.244 e. The molecule has 2 fully saturated rings. The van der Waals surface area contributed by atoms with Crippen LogP contribution in [0, 0.1) is 6.92 Å². The predicted octanol–water partition coefficient (Wildman–Crippen LogP) is 3.97. The molecule has 2 aliphatic heterocycles. The fourth-order valence-electron chi connectivity index (χ4n) is 4.89. The highest BCUT2D eigenvalue weighted by atomic mass is 16.5. The molecule has 0 unspecified atom stereocenters. The van der Waals surface area contributed by atoms with Gasteiger partial charge in [-0.2, -0.15) is 4.98 Å². The summed E-state index contributed by atoms with van der Waals surface area (Å²) in [4.78, 5) is 21.7. The minimum atomic E-state index is 0.0527. The normalized spacial score (nSPS) is 24.0. The van der Waals surface area contributed by atoms with E-state index >= 15 is 0 Å². The lowest BCUT2D eigenvalue weighted by Gasteiger charge is -2.36. The zero-order valence-electron chi connectivity index (χ0n) is 17.1. The minimum absolute atomic E-state index is 0.0527. The molecule has 0 radical (unpaired) electrons. The van der Waals surface area contributed by atoms with Crippen molar-refractivity contribution < 1.29 is 9.32 Å². The molecular weight excluding hydrogens is 352 g/mol. The Morgan fingerprint density at radius 3 is 2.75 bits per heavy atom. The largest absolute Gasteiger partial charge is 0.338 e. The first-order valence-corrected chi connectivity index (χ1v) is 10.5. The Kier molecular flexibility index (Phi) is 5.49. The average molecular weight is 383 g/mol. The second kappa shape index (κ2) is 8.03. The van der Waals surface area contributed by atoms with Crippen LogP contribution in [0.2, 0.25) is 0 Å². The van der Waals surface area contributed by atoms with Gasteiger partial charge >= 0.3 is 0 Å². The Morgan fingerprint density at radius 2 is 1.96 bits per heavy atom. The van der Waals surface area contributed by atoms with E-state index in [1.807, 2.05) is 25.1 Å². The van der Waals surface area contributed by atoms with E-state index in [0.29, 0.717) is 30.2 Å². The zero-order chi connectivity index (χ0) is 19.7. The van der Waals surface area contributed by atoms with Crippen molar-refractivity contribution in [3.05, 3.63) is 35.7 Å². The van der Waals surface area contributed by atoms with Gasteiger partial charge in [0, 0.05) is 30.6 Å². The summed E-state index contributed by atoms with van der Waals surface area (Å²) >= 11 is 0. The lowest BCUT2D eigenvalue weighted by molar-refractivity contribution is -0.132. The van der Waals surface area contributed by atoms with Crippen molar-refractivity contribution in [1.82, 2.24) is 19.9 Å². The fourth-order valence-corrected chi connectivity index (χ4v) is 4.89. The van der Waals surface area contributed by atoms with E-state index in [9.17, 15) is 4.79 Å². The molecule has 3 heterocycles. The number of hydrogen-bond donors (Lipinski definition) is 0. The summed E-state index contributed by atoms with van der Waals surface area (Å²) in [6.45, 7) is 8.07. The van der Waals surface area contributed by atoms with Crippen molar-refractivity contribution in [3.63, 3.8) is 0 Å². The van der Waals surface area contributed by atoms with Crippen molar-refractivity contribution in [1.29, 1.82) is 0 Å². The molecule has 6 nitrogen and oxygen atoms in total. The van der Waals surface area contributed by atoms with Gasteiger partial charge in [-0.3, -0.25) is 9.69 Å². The van der Waals surface area contributed by atoms with E-state index in [1.165, 1.54) is 0 Å². The number of aryl methyl sites for hydroxylation is 1. The second-order valence-electron chi connectivity index (χ2n) is 8.04. The molecule has 0 saturated carbocycles. The number of carbonyl (C=O) groups excluding carboxylic acids is 1. The maximum atomic E-state index is 12.4. The zero-order valence-corrected chi connectivity index (χ0v) is 17.1. The van der Waals surface area contributed by atoms with Gasteiger partial charge in [-0.1, -0.05) is 36.3 Å². The molecule has 150 valence electrons. The molecule has 6 heteroatoms. The molecule has 4 rings (SSSR count). The first-order valence-electron chi connectivity index (χ1n) is 10.5. The summed E-state index contributed by atoms with van der Waals surface area (Å²) in [6.07, 6.45) is 5.06. The lowest BCUT2D eigenvalue weighted by Crippen LogP contribution is -2.48. The average Bonchev–Trinajstić information content (AvgIpc) is 3.46. The molecule has 1 amide bonds. The number of aromatic nitrogens is 2. The quantitative estimate of drug-likeness (QED) is 0.783. The van der Waals surface area contributed by atoms with Crippen LogP contribution in [0.5, 0.6) is 0 Å². The van der Waals surface area contributed by atoms with Gasteiger partial charge in [0.25, 0.3) is 0 Å². The van der Waals surface area contributed by atoms with Crippen molar-refractivity contribution in [3.8, 4) is 11.4 Å². The maximum absolute atomic E-state index is 12.4. The molecule has 0 bridgehead atoms. The molecule has 1 aromatic heterocycles. The molecule has 0 aliphatic carbocycles. The Balaban J connectivity index is 1.54. The maximum Gasteiger partial charge on any atom is 0.244 e. The van der Waals surface area contributed by atoms with Crippen molar-refractivity contribution in [2.45, 2.75) is 71.0 Å². The van der Waals surface area contributed by atoms with Crippen LogP contribution in [0.1, 0.15) is 63.4 Å². The van der Waals surface area contributed by atoms with Gasteiger partial charge in [0.15, 0.2) is 0 Å². The summed E-state index contributed by atoms with van der Waals surface area (Å²) < 4.78 is 5.67. The van der Waals surface area contributed by atoms with Crippen molar-refractivity contribution >= 4 is 5.91 Å². The van der Waals surface area contributed by atoms with E-state index in [4.69, 9.17) is 9.51 Å². The van der Waals surface area contributed by atoms with Gasteiger partial charge in [0.1, 0.15) is 0 Å². The van der Waals surface area contributed by atoms with Crippen LogP contribution in [0.3, 0.4) is 0 Å². The van der Waals surface area contributed by atoms with Gasteiger partial charge in [0.2, 0.25) is 17.6 Å². The van der Waals surface area contributed by atoms with Crippen LogP contribution in [0.4, 0.5) is 0 Å². The van der Waals surface area contributed by atoms with Gasteiger partial charge in [-0.05, 0) is 51.6 Å². The predicted molar refractivity (Wildman–Crippen MR) is 108 cm³/mol. The number of benzene rings is 1. The van der Waals surface area contributed by atoms with Crippen LogP contribution in [-0.2, 0) is 4.79 Å². The molecule has 28 heavy (non-hydrogen) atoms. The van der Waals surface area contributed by atoms with Crippen molar-refractivity contribution in [2.75, 3.05) is 13.1 Å². The molecule has 2 saturated heterocycles. The van der Waals surface area contributed by atoms with E-state index in [0.717, 1.165) is 49.9 Å². The van der Waals surface area contributed by atoms with Crippen LogP contribution in [0.15, 0.2) is 28.8 Å². The van der Waals surface area contributed by atoms with E-state index in [2.05, 4.69) is 34.9 Å².